The number of fused-ring (bicyclic) bond motifs is 1. The van der Waals surface area contributed by atoms with Gasteiger partial charge in [-0.1, -0.05) is 0 Å². The first kappa shape index (κ1) is 23.2. The largest absolute Gasteiger partial charge is 0.452 e. The Morgan fingerprint density at radius 3 is 2.03 bits per heavy atom. The number of carbonyl (C=O) groups excluding carboxylic acids is 4. The van der Waals surface area contributed by atoms with Crippen LogP contribution in [0.2, 0.25) is 0 Å². The van der Waals surface area contributed by atoms with Crippen LogP contribution in [0.15, 0.2) is 48.5 Å². The monoisotopic (exact) mass is 492 g/mol. The minimum absolute atomic E-state index is 0.145. The maximum atomic E-state index is 12.9. The van der Waals surface area contributed by atoms with Crippen LogP contribution in [0, 0.1) is 17.7 Å². The summed E-state index contributed by atoms with van der Waals surface area (Å²) >= 11 is 12.4. The summed E-state index contributed by atoms with van der Waals surface area (Å²) in [4.78, 5) is 50.9. The molecule has 0 aromatic heterocycles. The van der Waals surface area contributed by atoms with Crippen LogP contribution >= 0.6 is 23.2 Å². The zero-order chi connectivity index (χ0) is 23.7. The molecule has 2 aliphatic rings. The summed E-state index contributed by atoms with van der Waals surface area (Å²) in [5.41, 5.74) is 0.844. The zero-order valence-electron chi connectivity index (χ0n) is 17.2. The van der Waals surface area contributed by atoms with Crippen LogP contribution in [0.3, 0.4) is 0 Å². The Morgan fingerprint density at radius 1 is 0.939 bits per heavy atom. The molecule has 4 rings (SSSR count). The summed E-state index contributed by atoms with van der Waals surface area (Å²) in [6.07, 6.45) is 0.678. The highest BCUT2D eigenvalue weighted by Gasteiger charge is 2.52. The van der Waals surface area contributed by atoms with E-state index in [-0.39, 0.29) is 28.1 Å². The van der Waals surface area contributed by atoms with Crippen molar-refractivity contribution in [1.82, 2.24) is 0 Å². The van der Waals surface area contributed by atoms with Crippen molar-refractivity contribution < 1.29 is 28.3 Å². The van der Waals surface area contributed by atoms with Crippen LogP contribution in [0.1, 0.15) is 23.2 Å². The van der Waals surface area contributed by atoms with Gasteiger partial charge in [-0.15, -0.1) is 23.2 Å². The first-order valence-corrected chi connectivity index (χ1v) is 11.1. The van der Waals surface area contributed by atoms with Gasteiger partial charge in [0.1, 0.15) is 5.82 Å². The Labute approximate surface area is 198 Å². The van der Waals surface area contributed by atoms with E-state index in [9.17, 15) is 23.6 Å². The van der Waals surface area contributed by atoms with Crippen molar-refractivity contribution in [1.29, 1.82) is 0 Å². The van der Waals surface area contributed by atoms with Gasteiger partial charge < -0.3 is 10.1 Å². The Bertz CT molecular complexity index is 1070. The van der Waals surface area contributed by atoms with Gasteiger partial charge in [0.2, 0.25) is 11.8 Å². The lowest BCUT2D eigenvalue weighted by Crippen LogP contribution is -2.34. The van der Waals surface area contributed by atoms with Crippen LogP contribution in [-0.2, 0) is 19.1 Å². The molecule has 1 saturated carbocycles. The van der Waals surface area contributed by atoms with E-state index in [0.717, 1.165) is 4.90 Å². The smallest absolute Gasteiger partial charge is 0.338 e. The highest BCUT2D eigenvalue weighted by Crippen LogP contribution is 2.43. The van der Waals surface area contributed by atoms with E-state index in [1.807, 2.05) is 0 Å². The molecule has 1 aliphatic heterocycles. The van der Waals surface area contributed by atoms with Crippen molar-refractivity contribution in [2.24, 2.45) is 11.8 Å². The molecule has 0 radical (unpaired) electrons. The van der Waals surface area contributed by atoms with Gasteiger partial charge in [-0.2, -0.15) is 0 Å². The molecule has 1 saturated heterocycles. The summed E-state index contributed by atoms with van der Waals surface area (Å²) < 4.78 is 17.9. The number of rotatable bonds is 5. The van der Waals surface area contributed by atoms with Crippen molar-refractivity contribution in [2.45, 2.75) is 23.6 Å². The molecular formula is C23H19Cl2FN2O5. The molecule has 7 nitrogen and oxygen atoms in total. The molecule has 4 atom stereocenters. The van der Waals surface area contributed by atoms with Gasteiger partial charge in [-0.05, 0) is 61.4 Å². The number of ether oxygens (including phenoxy) is 1. The first-order chi connectivity index (χ1) is 15.7. The van der Waals surface area contributed by atoms with Crippen LogP contribution < -0.4 is 10.2 Å². The number of esters is 1. The van der Waals surface area contributed by atoms with Crippen molar-refractivity contribution in [3.8, 4) is 0 Å². The van der Waals surface area contributed by atoms with E-state index >= 15 is 0 Å². The van der Waals surface area contributed by atoms with Crippen LogP contribution in [0.25, 0.3) is 0 Å². The van der Waals surface area contributed by atoms with E-state index in [1.165, 1.54) is 48.5 Å². The molecule has 172 valence electrons. The number of nitrogens with zero attached hydrogens (tertiary/aromatic N) is 1. The normalized spacial score (nSPS) is 24.4. The lowest BCUT2D eigenvalue weighted by atomic mass is 9.80. The quantitative estimate of drug-likeness (QED) is 0.389. The molecule has 0 unspecified atom stereocenters. The van der Waals surface area contributed by atoms with Crippen molar-refractivity contribution in [3.63, 3.8) is 0 Å². The van der Waals surface area contributed by atoms with Gasteiger partial charge in [-0.25, -0.2) is 9.18 Å². The minimum atomic E-state index is -0.751. The van der Waals surface area contributed by atoms with Crippen molar-refractivity contribution >= 4 is 58.3 Å². The number of halogens is 3. The van der Waals surface area contributed by atoms with Crippen LogP contribution in [-0.4, -0.2) is 41.1 Å². The van der Waals surface area contributed by atoms with E-state index in [1.54, 1.807) is 0 Å². The minimum Gasteiger partial charge on any atom is -0.452 e. The highest BCUT2D eigenvalue weighted by atomic mass is 35.5. The Kier molecular flexibility index (Phi) is 6.67. The van der Waals surface area contributed by atoms with Crippen molar-refractivity contribution in [3.05, 3.63) is 59.9 Å². The topological polar surface area (TPSA) is 92.8 Å². The highest BCUT2D eigenvalue weighted by molar-refractivity contribution is 6.31. The third-order valence-electron chi connectivity index (χ3n) is 5.74. The second-order valence-electron chi connectivity index (χ2n) is 7.91. The molecule has 1 aliphatic carbocycles. The van der Waals surface area contributed by atoms with E-state index < -0.39 is 36.1 Å². The molecule has 2 aromatic rings. The fraction of sp³-hybridized carbons (Fsp3) is 0.304. The van der Waals surface area contributed by atoms with E-state index in [4.69, 9.17) is 27.9 Å². The van der Waals surface area contributed by atoms with E-state index in [2.05, 4.69) is 5.32 Å². The maximum absolute atomic E-state index is 12.9. The van der Waals surface area contributed by atoms with Gasteiger partial charge in [0.15, 0.2) is 6.61 Å². The Morgan fingerprint density at radius 2 is 1.48 bits per heavy atom. The third kappa shape index (κ3) is 4.86. The van der Waals surface area contributed by atoms with Gasteiger partial charge in [0.05, 0.1) is 33.8 Å². The number of benzene rings is 2. The molecule has 0 bridgehead atoms. The molecule has 10 heteroatoms. The number of carbonyl (C=O) groups is 4. The third-order valence-corrected chi connectivity index (χ3v) is 6.83. The molecule has 1 heterocycles. The number of nitrogens with one attached hydrogen (secondary N) is 1. The zero-order valence-corrected chi connectivity index (χ0v) is 18.7. The lowest BCUT2D eigenvalue weighted by Gasteiger charge is -2.28. The SMILES string of the molecule is O=C(COC(=O)c1ccc(N2C(=O)[C@H]3C[C@@H](Cl)[C@@H](Cl)C[C@H]3C2=O)cc1)Nc1ccc(F)cc1. The number of hydrogen-bond acceptors (Lipinski definition) is 5. The average Bonchev–Trinajstić information content (AvgIpc) is 3.03. The molecule has 2 aromatic carbocycles. The maximum Gasteiger partial charge on any atom is 0.338 e. The number of alkyl halides is 2. The van der Waals surface area contributed by atoms with Crippen LogP contribution in [0.5, 0.6) is 0 Å². The van der Waals surface area contributed by atoms with Gasteiger partial charge in [-0.3, -0.25) is 19.3 Å². The summed E-state index contributed by atoms with van der Waals surface area (Å²) in [6.45, 7) is -0.538. The second kappa shape index (κ2) is 9.49. The fourth-order valence-electron chi connectivity index (χ4n) is 4.04. The van der Waals surface area contributed by atoms with Gasteiger partial charge in [0.25, 0.3) is 5.91 Å². The molecule has 33 heavy (non-hydrogen) atoms. The molecule has 0 spiro atoms. The number of anilines is 2. The molecule has 1 N–H and O–H groups in total. The summed E-state index contributed by atoms with van der Waals surface area (Å²) in [6, 6.07) is 10.9. The Hall–Kier alpha value is -2.97. The predicted molar refractivity (Wildman–Crippen MR) is 120 cm³/mol. The van der Waals surface area contributed by atoms with Gasteiger partial charge >= 0.3 is 5.97 Å². The number of hydrogen-bond donors (Lipinski definition) is 1. The molecule has 3 amide bonds. The summed E-state index contributed by atoms with van der Waals surface area (Å²) in [5, 5.41) is 1.73. The Balaban J connectivity index is 1.36. The van der Waals surface area contributed by atoms with Gasteiger partial charge in [0, 0.05) is 5.69 Å². The first-order valence-electron chi connectivity index (χ1n) is 10.2. The standard InChI is InChI=1S/C23H19Cl2FN2O5/c24-18-9-16-17(10-19(18)25)22(31)28(21(16)30)15-7-1-12(2-8-15)23(32)33-11-20(29)27-14-5-3-13(26)4-6-14/h1-8,16-19H,9-11H2,(H,27,29)/t16-,17+,18+,19-. The fourth-order valence-corrected chi connectivity index (χ4v) is 4.63. The number of imide groups is 1. The number of amides is 3. The second-order valence-corrected chi connectivity index (χ2v) is 9.03. The van der Waals surface area contributed by atoms with Crippen molar-refractivity contribution in [2.75, 3.05) is 16.8 Å². The summed E-state index contributed by atoms with van der Waals surface area (Å²) in [5.74, 6) is -3.43. The summed E-state index contributed by atoms with van der Waals surface area (Å²) in [7, 11) is 0. The lowest BCUT2D eigenvalue weighted by molar-refractivity contribution is -0.122. The molecular weight excluding hydrogens is 474 g/mol. The molecule has 2 fully saturated rings. The average molecular weight is 493 g/mol. The van der Waals surface area contributed by atoms with E-state index in [0.29, 0.717) is 24.2 Å². The predicted octanol–water partition coefficient (Wildman–Crippen LogP) is 3.74. The van der Waals surface area contributed by atoms with Crippen LogP contribution in [0.4, 0.5) is 15.8 Å².